The quantitative estimate of drug-likeness (QED) is 0.0666. The van der Waals surface area contributed by atoms with Crippen LogP contribution in [-0.4, -0.2) is 42.5 Å². The molecular weight excluding hydrogens is 581 g/mol. The fraction of sp³-hybridized carbons (Fsp3) is 0.432. The molecule has 3 unspecified atom stereocenters. The molecule has 240 valence electrons. The first-order chi connectivity index (χ1) is 21.8. The summed E-state index contributed by atoms with van der Waals surface area (Å²) in [6.07, 6.45) is 6.35. The van der Waals surface area contributed by atoms with E-state index >= 15 is 0 Å². The standard InChI is InChI=1S/C37H49N3O4P/c1-8-13-17-34(10-3)44-37(41)43-29(7)45-24-23-31(9-2)36(28(6)39-11-4)40(27-42-12-5)26-30-19-21-32(22-20-30)35-18-15-14-16-33(35)25-38/h9,14-16,18-22,29,34,45H,2,6,8,10,12-13,17,23-24,26-27H2,1,3-5,7H3/q+1/b36-31-. The van der Waals surface area contributed by atoms with Gasteiger partial charge in [-0.3, -0.25) is 0 Å². The molecule has 2 aromatic carbocycles. The fourth-order valence-corrected chi connectivity index (χ4v) is 5.85. The van der Waals surface area contributed by atoms with Gasteiger partial charge in [-0.05, 0) is 79.0 Å². The minimum absolute atomic E-state index is 0.103. The fourth-order valence-electron chi connectivity index (χ4n) is 4.85. The maximum Gasteiger partial charge on any atom is 0.509 e. The number of nitrogens with zero attached hydrogens (tertiary/aromatic N) is 3. The van der Waals surface area contributed by atoms with Crippen LogP contribution in [0.25, 0.3) is 16.0 Å². The van der Waals surface area contributed by atoms with Crippen LogP contribution in [0, 0.1) is 17.4 Å². The van der Waals surface area contributed by atoms with E-state index in [4.69, 9.17) is 14.2 Å². The van der Waals surface area contributed by atoms with Crippen LogP contribution in [-0.2, 0) is 20.8 Å². The first-order valence-electron chi connectivity index (χ1n) is 15.8. The molecule has 3 atom stereocenters. The average Bonchev–Trinajstić information content (AvgIpc) is 3.05. The van der Waals surface area contributed by atoms with E-state index in [2.05, 4.69) is 54.1 Å². The summed E-state index contributed by atoms with van der Waals surface area (Å²) in [5.74, 6) is -0.259. The largest absolute Gasteiger partial charge is 0.509 e. The van der Waals surface area contributed by atoms with Crippen molar-refractivity contribution in [1.29, 1.82) is 5.26 Å². The molecule has 0 radical (unpaired) electrons. The number of hydrogen-bond donors (Lipinski definition) is 0. The molecule has 7 nitrogen and oxygen atoms in total. The molecule has 0 fully saturated rings. The molecule has 45 heavy (non-hydrogen) atoms. The number of unbranched alkanes of at least 4 members (excludes halogenated alkanes) is 1. The van der Waals surface area contributed by atoms with E-state index in [1.165, 1.54) is 0 Å². The second kappa shape index (κ2) is 20.9. The highest BCUT2D eigenvalue weighted by Gasteiger charge is 2.24. The van der Waals surface area contributed by atoms with Crippen molar-refractivity contribution in [2.75, 3.05) is 19.5 Å². The second-order valence-corrected chi connectivity index (χ2v) is 12.3. The minimum Gasteiger partial charge on any atom is -0.431 e. The van der Waals surface area contributed by atoms with Gasteiger partial charge in [-0.2, -0.15) is 5.26 Å². The van der Waals surface area contributed by atoms with Gasteiger partial charge in [-0.1, -0.05) is 90.4 Å². The lowest BCUT2D eigenvalue weighted by Gasteiger charge is -2.26. The zero-order chi connectivity index (χ0) is 33.0. The van der Waals surface area contributed by atoms with Crippen LogP contribution >= 0.6 is 8.58 Å². The molecule has 2 rings (SSSR count). The Morgan fingerprint density at radius 3 is 2.49 bits per heavy atom. The van der Waals surface area contributed by atoms with Crippen LogP contribution in [0.1, 0.15) is 77.8 Å². The van der Waals surface area contributed by atoms with E-state index in [0.29, 0.717) is 46.1 Å². The van der Waals surface area contributed by atoms with Crippen molar-refractivity contribution in [1.82, 2.24) is 4.90 Å². The van der Waals surface area contributed by atoms with Crippen LogP contribution < -0.4 is 0 Å². The summed E-state index contributed by atoms with van der Waals surface area (Å²) in [6.45, 7) is 19.6. The van der Waals surface area contributed by atoms with Crippen molar-refractivity contribution in [3.63, 3.8) is 0 Å². The predicted molar refractivity (Wildman–Crippen MR) is 186 cm³/mol. The van der Waals surface area contributed by atoms with Gasteiger partial charge in [0.05, 0.1) is 18.6 Å². The molecule has 0 amide bonds. The van der Waals surface area contributed by atoms with Gasteiger partial charge in [0, 0.05) is 13.2 Å². The molecule has 0 spiro atoms. The highest BCUT2D eigenvalue weighted by molar-refractivity contribution is 7.38. The van der Waals surface area contributed by atoms with Gasteiger partial charge in [0.25, 0.3) is 6.07 Å². The molecule has 0 aliphatic rings. The number of ether oxygens (including phenoxy) is 3. The van der Waals surface area contributed by atoms with Crippen molar-refractivity contribution in [3.05, 3.63) is 101 Å². The topological polar surface area (TPSA) is 76.2 Å². The summed E-state index contributed by atoms with van der Waals surface area (Å²) in [5.41, 5.74) is 5.98. The number of hydrogen-bond acceptors (Lipinski definition) is 6. The molecule has 8 heteroatoms. The lowest BCUT2D eigenvalue weighted by atomic mass is 9.99. The number of allylic oxidation sites excluding steroid dienone is 2. The summed E-state index contributed by atoms with van der Waals surface area (Å²) in [5, 5.41) is 9.53. The van der Waals surface area contributed by atoms with Gasteiger partial charge < -0.3 is 19.1 Å². The number of rotatable bonds is 19. The van der Waals surface area contributed by atoms with Gasteiger partial charge in [0.2, 0.25) is 0 Å². The third-order valence-corrected chi connectivity index (χ3v) is 8.45. The summed E-state index contributed by atoms with van der Waals surface area (Å²) in [6, 6.07) is 20.9. The Bertz CT molecular complexity index is 1380. The second-order valence-electron chi connectivity index (χ2n) is 10.5. The maximum absolute atomic E-state index is 12.4. The zero-order valence-corrected chi connectivity index (χ0v) is 28.6. The van der Waals surface area contributed by atoms with Crippen molar-refractivity contribution >= 4 is 14.7 Å². The first-order valence-corrected chi connectivity index (χ1v) is 17.0. The van der Waals surface area contributed by atoms with Gasteiger partial charge in [-0.25, -0.2) is 4.79 Å². The Labute approximate surface area is 272 Å². The molecule has 0 bridgehead atoms. The SMILES string of the molecule is C=C/C(CCPC(C)OC(=O)OC(CC)CCCC)=C(\C(=C)[N+]#CC)N(COCC)Cc1ccc(-c2ccccc2C#N)cc1. The van der Waals surface area contributed by atoms with E-state index < -0.39 is 6.16 Å². The lowest BCUT2D eigenvalue weighted by molar-refractivity contribution is 0.0152. The highest BCUT2D eigenvalue weighted by atomic mass is 31.1. The van der Waals surface area contributed by atoms with E-state index in [1.807, 2.05) is 63.2 Å². The summed E-state index contributed by atoms with van der Waals surface area (Å²) >= 11 is 0. The Balaban J connectivity index is 2.23. The van der Waals surface area contributed by atoms with Crippen molar-refractivity contribution in [2.45, 2.75) is 85.2 Å². The van der Waals surface area contributed by atoms with Crippen LogP contribution in [0.15, 0.2) is 84.7 Å². The molecule has 0 heterocycles. The smallest absolute Gasteiger partial charge is 0.431 e. The molecule has 0 aliphatic heterocycles. The van der Waals surface area contributed by atoms with Gasteiger partial charge in [0.1, 0.15) is 24.4 Å². The van der Waals surface area contributed by atoms with Crippen LogP contribution in [0.3, 0.4) is 0 Å². The molecule has 0 aliphatic carbocycles. The first kappa shape index (κ1) is 37.3. The maximum atomic E-state index is 12.4. The van der Waals surface area contributed by atoms with Crippen LogP contribution in [0.2, 0.25) is 0 Å². The Morgan fingerprint density at radius 1 is 1.13 bits per heavy atom. The third kappa shape index (κ3) is 12.6. The number of benzene rings is 2. The Kier molecular flexibility index (Phi) is 17.4. The monoisotopic (exact) mass is 630 g/mol. The Morgan fingerprint density at radius 2 is 1.87 bits per heavy atom. The molecule has 0 saturated heterocycles. The van der Waals surface area contributed by atoms with Crippen molar-refractivity contribution in [2.24, 2.45) is 0 Å². The lowest BCUT2D eigenvalue weighted by Crippen LogP contribution is -2.27. The molecule has 0 aromatic heterocycles. The molecular formula is C37H49N3O4P+. The zero-order valence-electron chi connectivity index (χ0n) is 27.6. The van der Waals surface area contributed by atoms with E-state index in [-0.39, 0.29) is 11.9 Å². The normalized spacial score (nSPS) is 12.7. The number of nitriles is 1. The average molecular weight is 631 g/mol. The predicted octanol–water partition coefficient (Wildman–Crippen LogP) is 9.86. The number of carbonyl (C=O) groups is 1. The third-order valence-electron chi connectivity index (χ3n) is 7.22. The molecule has 0 N–H and O–H groups in total. The van der Waals surface area contributed by atoms with E-state index in [0.717, 1.165) is 59.8 Å². The molecule has 2 aromatic rings. The van der Waals surface area contributed by atoms with Gasteiger partial charge in [-0.15, -0.1) is 0 Å². The van der Waals surface area contributed by atoms with Crippen molar-refractivity contribution in [3.8, 4) is 23.3 Å². The highest BCUT2D eigenvalue weighted by Crippen LogP contribution is 2.30. The van der Waals surface area contributed by atoms with E-state index in [1.54, 1.807) is 6.92 Å². The van der Waals surface area contributed by atoms with Crippen LogP contribution in [0.4, 0.5) is 4.79 Å². The summed E-state index contributed by atoms with van der Waals surface area (Å²) in [7, 11) is 0.378. The Hall–Kier alpha value is -3.90. The molecule has 0 saturated carbocycles. The van der Waals surface area contributed by atoms with E-state index in [9.17, 15) is 10.1 Å². The summed E-state index contributed by atoms with van der Waals surface area (Å²) in [4.78, 5) is 18.9. The number of carbonyl (C=O) groups excluding carboxylic acids is 1. The van der Waals surface area contributed by atoms with Crippen molar-refractivity contribution < 1.29 is 19.0 Å². The van der Waals surface area contributed by atoms with Gasteiger partial charge >= 0.3 is 11.9 Å². The van der Waals surface area contributed by atoms with Crippen LogP contribution in [0.5, 0.6) is 0 Å². The van der Waals surface area contributed by atoms with Gasteiger partial charge in [0.15, 0.2) is 0 Å². The summed E-state index contributed by atoms with van der Waals surface area (Å²) < 4.78 is 17.0. The minimum atomic E-state index is -0.593.